The highest BCUT2D eigenvalue weighted by Gasteiger charge is 2.43. The minimum Gasteiger partial charge on any atom is -0.744 e. The van der Waals surface area contributed by atoms with Gasteiger partial charge in [-0.15, -0.1) is 0 Å². The number of benzene rings is 2. The summed E-state index contributed by atoms with van der Waals surface area (Å²) in [6, 6.07) is 12.0. The zero-order valence-corrected chi connectivity index (χ0v) is 30.6. The maximum atomic E-state index is 12.0. The van der Waals surface area contributed by atoms with Crippen molar-refractivity contribution in [2.75, 3.05) is 5.32 Å². The molecule has 53 heavy (non-hydrogen) atoms. The van der Waals surface area contributed by atoms with Gasteiger partial charge in [-0.05, 0) is 94.0 Å². The zero-order chi connectivity index (χ0) is 38.7. The Morgan fingerprint density at radius 2 is 1.60 bits per heavy atom. The lowest BCUT2D eigenvalue weighted by atomic mass is 9.72. The third kappa shape index (κ3) is 7.82. The van der Waals surface area contributed by atoms with Gasteiger partial charge in [-0.3, -0.25) is 14.6 Å². The number of hydrogen-bond donors (Lipinski definition) is 4. The molecule has 13 heteroatoms. The second-order valence-electron chi connectivity index (χ2n) is 14.2. The third-order valence-corrected chi connectivity index (χ3v) is 11.3. The van der Waals surface area contributed by atoms with Crippen LogP contribution < -0.4 is 5.32 Å². The van der Waals surface area contributed by atoms with Crippen LogP contribution in [-0.4, -0.2) is 45.9 Å². The molecule has 0 amide bonds. The number of aliphatic hydroxyl groups is 1. The van der Waals surface area contributed by atoms with Crippen molar-refractivity contribution in [3.05, 3.63) is 111 Å². The smallest absolute Gasteiger partial charge is 0.303 e. The molecule has 2 aromatic carbocycles. The fourth-order valence-corrected chi connectivity index (χ4v) is 7.95. The van der Waals surface area contributed by atoms with Gasteiger partial charge in [0.1, 0.15) is 15.9 Å². The Kier molecular flexibility index (Phi) is 11.1. The molecule has 276 valence electrons. The van der Waals surface area contributed by atoms with Crippen molar-refractivity contribution in [3.63, 3.8) is 0 Å². The molecule has 0 radical (unpaired) electrons. The Hall–Kier alpha value is -5.50. The molecule has 5 rings (SSSR count). The molecule has 3 aliphatic rings. The van der Waals surface area contributed by atoms with Crippen molar-refractivity contribution in [1.29, 1.82) is 5.26 Å². The quantitative estimate of drug-likeness (QED) is 0.0599. The lowest BCUT2D eigenvalue weighted by Gasteiger charge is -2.32. The summed E-state index contributed by atoms with van der Waals surface area (Å²) in [5.41, 5.74) is 4.07. The van der Waals surface area contributed by atoms with Gasteiger partial charge in [0.05, 0.1) is 28.9 Å². The second kappa shape index (κ2) is 15.2. The molecule has 0 fully saturated rings. The Labute approximate surface area is 309 Å². The fraction of sp³-hybridized carbons (Fsp3) is 0.375. The number of fused-ring (bicyclic) bond motifs is 2. The summed E-state index contributed by atoms with van der Waals surface area (Å²) in [6.45, 7) is 13.7. The maximum absolute atomic E-state index is 12.0. The number of carboxylic acid groups (broad SMARTS) is 2. The van der Waals surface area contributed by atoms with Crippen molar-refractivity contribution >= 4 is 39.1 Å². The zero-order valence-electron chi connectivity index (χ0n) is 29.8. The monoisotopic (exact) mass is 737 g/mol. The summed E-state index contributed by atoms with van der Waals surface area (Å²) in [5.74, 6) is -1.91. The summed E-state index contributed by atoms with van der Waals surface area (Å²) in [6.07, 6.45) is 8.08. The standard InChI is InChI=1S/C40H42N4O8S/c1-24-13-15-30-28(19-24)39(2,17-9-5-7-11-35(45)46)33(43-30)21-26-37(32(23-41)42-4)27(38(26)49)22-34-40(3,18-10-6-8-12-36(47)48)29-20-25(53(50,51)52)14-16-31(29)44-34/h13-16,19-22,43,49H,5-12,17-18H2,1-3H3,(H,45,46)(H,47,48)(H,50,51,52)/p-1/b27-22?,33-21?,37-32+/t39-,40-/m1/s1. The van der Waals surface area contributed by atoms with E-state index < -0.39 is 37.8 Å². The van der Waals surface area contributed by atoms with Crippen molar-refractivity contribution in [1.82, 2.24) is 0 Å². The molecule has 4 N–H and O–H groups in total. The number of aliphatic hydroxyl groups excluding tert-OH is 1. The van der Waals surface area contributed by atoms with E-state index in [0.717, 1.165) is 28.9 Å². The van der Waals surface area contributed by atoms with Crippen LogP contribution in [0.15, 0.2) is 92.3 Å². The van der Waals surface area contributed by atoms with Gasteiger partial charge in [0, 0.05) is 51.8 Å². The minimum absolute atomic E-state index is 0.00114. The lowest BCUT2D eigenvalue weighted by molar-refractivity contribution is -0.138. The van der Waals surface area contributed by atoms with Gasteiger partial charge in [0.2, 0.25) is 0 Å². The van der Waals surface area contributed by atoms with Gasteiger partial charge in [-0.25, -0.2) is 18.5 Å². The maximum Gasteiger partial charge on any atom is 0.303 e. The van der Waals surface area contributed by atoms with Crippen molar-refractivity contribution < 1.29 is 37.9 Å². The number of carboxylic acids is 2. The molecule has 0 unspecified atom stereocenters. The number of aliphatic imine (C=N–C) groups is 1. The number of allylic oxidation sites excluding steroid dienone is 6. The van der Waals surface area contributed by atoms with E-state index in [2.05, 4.69) is 23.2 Å². The van der Waals surface area contributed by atoms with Crippen LogP contribution in [0.25, 0.3) is 4.85 Å². The first-order chi connectivity index (χ1) is 25.0. The van der Waals surface area contributed by atoms with Crippen molar-refractivity contribution in [2.45, 2.75) is 101 Å². The molecule has 1 aliphatic carbocycles. The molecule has 0 spiro atoms. The Morgan fingerprint density at radius 1 is 0.962 bits per heavy atom. The molecule has 12 nitrogen and oxygen atoms in total. The van der Waals surface area contributed by atoms with E-state index in [1.165, 1.54) is 18.2 Å². The molecular formula is C40H41N4O8S-. The molecule has 0 bridgehead atoms. The number of nitriles is 1. The number of aryl methyl sites for hydroxylation is 1. The van der Waals surface area contributed by atoms with Gasteiger partial charge in [0.15, 0.2) is 0 Å². The number of aliphatic carboxylic acids is 2. The third-order valence-electron chi connectivity index (χ3n) is 10.5. The first-order valence-corrected chi connectivity index (χ1v) is 18.9. The van der Waals surface area contributed by atoms with E-state index in [9.17, 15) is 32.9 Å². The predicted octanol–water partition coefficient (Wildman–Crippen LogP) is 8.03. The number of hydrogen-bond acceptors (Lipinski definition) is 9. The van der Waals surface area contributed by atoms with Gasteiger partial charge in [-0.2, -0.15) is 0 Å². The molecular weight excluding hydrogens is 697 g/mol. The predicted molar refractivity (Wildman–Crippen MR) is 198 cm³/mol. The Morgan fingerprint density at radius 3 is 2.19 bits per heavy atom. The van der Waals surface area contributed by atoms with Crippen LogP contribution in [0.3, 0.4) is 0 Å². The summed E-state index contributed by atoms with van der Waals surface area (Å²) in [4.78, 5) is 30.0. The van der Waals surface area contributed by atoms with Crippen LogP contribution in [0.2, 0.25) is 0 Å². The highest BCUT2D eigenvalue weighted by molar-refractivity contribution is 7.85. The minimum atomic E-state index is -4.79. The molecule has 2 aliphatic heterocycles. The average Bonchev–Trinajstić information content (AvgIpc) is 3.53. The largest absolute Gasteiger partial charge is 0.744 e. The van der Waals surface area contributed by atoms with Crippen LogP contribution in [-0.2, 0) is 30.5 Å². The highest BCUT2D eigenvalue weighted by Crippen LogP contribution is 2.51. The Balaban J connectivity index is 1.57. The number of carbonyl (C=O) groups is 2. The molecule has 0 saturated carbocycles. The first kappa shape index (κ1) is 38.7. The molecule has 0 saturated heterocycles. The van der Waals surface area contributed by atoms with E-state index >= 15 is 0 Å². The summed E-state index contributed by atoms with van der Waals surface area (Å²) in [7, 11) is -4.79. The SMILES string of the molecule is [C-]#[N+]/C(C#N)=C1/C(=CC2=Nc3ccc(S(=O)(=O)[O-])cc3[C@@]2(C)CCCCCC(=O)O)C(O)=C1C=C1Nc2ccc(C)cc2[C@@]1(C)CCCCCC(=O)O. The number of rotatable bonds is 15. The fourth-order valence-electron chi connectivity index (χ4n) is 7.45. The molecule has 0 aromatic heterocycles. The number of unbranched alkanes of at least 4 members (excludes halogenated alkanes) is 4. The van der Waals surface area contributed by atoms with Crippen LogP contribution >= 0.6 is 0 Å². The van der Waals surface area contributed by atoms with E-state index in [0.29, 0.717) is 67.5 Å². The van der Waals surface area contributed by atoms with Crippen LogP contribution in [0, 0.1) is 24.8 Å². The van der Waals surface area contributed by atoms with Crippen molar-refractivity contribution in [3.8, 4) is 6.07 Å². The van der Waals surface area contributed by atoms with Crippen LogP contribution in [0.4, 0.5) is 11.4 Å². The summed E-state index contributed by atoms with van der Waals surface area (Å²) >= 11 is 0. The number of nitrogens with zero attached hydrogens (tertiary/aromatic N) is 3. The lowest BCUT2D eigenvalue weighted by Crippen LogP contribution is -2.30. The topological polar surface area (TPSA) is 205 Å². The van der Waals surface area contributed by atoms with Gasteiger partial charge < -0.3 is 25.2 Å². The summed E-state index contributed by atoms with van der Waals surface area (Å²) < 4.78 is 35.9. The van der Waals surface area contributed by atoms with Gasteiger partial charge in [0.25, 0.3) is 5.70 Å². The molecule has 2 aromatic rings. The Bertz CT molecular complexity index is 2220. The van der Waals surface area contributed by atoms with E-state index in [4.69, 9.17) is 21.8 Å². The van der Waals surface area contributed by atoms with Crippen LogP contribution in [0.5, 0.6) is 0 Å². The van der Waals surface area contributed by atoms with Crippen molar-refractivity contribution in [2.24, 2.45) is 4.99 Å². The second-order valence-corrected chi connectivity index (χ2v) is 15.6. The number of nitrogens with one attached hydrogen (secondary N) is 1. The first-order valence-electron chi connectivity index (χ1n) is 17.4. The molecule has 2 heterocycles. The highest BCUT2D eigenvalue weighted by atomic mass is 32.2. The molecule has 2 atom stereocenters. The van der Waals surface area contributed by atoms with Gasteiger partial charge in [-0.1, -0.05) is 43.4 Å². The number of anilines is 1. The summed E-state index contributed by atoms with van der Waals surface area (Å²) in [5, 5.41) is 43.4. The van der Waals surface area contributed by atoms with E-state index in [-0.39, 0.29) is 35.4 Å². The van der Waals surface area contributed by atoms with Crippen LogP contribution in [0.1, 0.15) is 94.7 Å². The van der Waals surface area contributed by atoms with Gasteiger partial charge >= 0.3 is 11.9 Å². The van der Waals surface area contributed by atoms with E-state index in [1.807, 2.05) is 32.0 Å². The normalized spacial score (nSPS) is 22.7. The average molecular weight is 738 g/mol. The van der Waals surface area contributed by atoms with E-state index in [1.54, 1.807) is 12.2 Å².